The molecule has 0 bridgehead atoms. The third-order valence-electron chi connectivity index (χ3n) is 3.06. The van der Waals surface area contributed by atoms with Gasteiger partial charge in [-0.1, -0.05) is 0 Å². The van der Waals surface area contributed by atoms with Crippen molar-refractivity contribution in [3.8, 4) is 0 Å². The van der Waals surface area contributed by atoms with Gasteiger partial charge in [0.1, 0.15) is 5.60 Å². The van der Waals surface area contributed by atoms with Crippen LogP contribution in [0, 0.1) is 0 Å². The van der Waals surface area contributed by atoms with Gasteiger partial charge < -0.3 is 19.8 Å². The lowest BCUT2D eigenvalue weighted by atomic mass is 9.92. The number of hydrogen-bond donors (Lipinski definition) is 2. The van der Waals surface area contributed by atoms with Gasteiger partial charge in [-0.2, -0.15) is 4.98 Å². The lowest BCUT2D eigenvalue weighted by Gasteiger charge is -2.28. The summed E-state index contributed by atoms with van der Waals surface area (Å²) in [5.74, 6) is 0.869. The first-order valence-corrected chi connectivity index (χ1v) is 5.64. The zero-order chi connectivity index (χ0) is 11.6. The summed E-state index contributed by atoms with van der Waals surface area (Å²) in [7, 11) is 1.89. The average molecular weight is 226 g/mol. The van der Waals surface area contributed by atoms with Crippen molar-refractivity contribution >= 4 is 5.95 Å². The normalized spacial score (nSPS) is 19.7. The number of aromatic nitrogens is 2. The zero-order valence-corrected chi connectivity index (χ0v) is 9.73. The van der Waals surface area contributed by atoms with Crippen LogP contribution in [0.1, 0.15) is 25.7 Å². The van der Waals surface area contributed by atoms with Crippen LogP contribution in [0.4, 0.5) is 5.95 Å². The van der Waals surface area contributed by atoms with Gasteiger partial charge in [0.2, 0.25) is 0 Å². The Morgan fingerprint density at radius 1 is 1.50 bits per heavy atom. The molecule has 0 atom stereocenters. The van der Waals surface area contributed by atoms with Gasteiger partial charge in [-0.15, -0.1) is 0 Å². The van der Waals surface area contributed by atoms with E-state index in [4.69, 9.17) is 4.52 Å². The van der Waals surface area contributed by atoms with Crippen LogP contribution in [-0.2, 0) is 5.60 Å². The molecule has 1 aromatic rings. The number of piperidine rings is 1. The molecule has 0 amide bonds. The van der Waals surface area contributed by atoms with Crippen molar-refractivity contribution in [1.82, 2.24) is 15.5 Å². The minimum Gasteiger partial charge on any atom is -0.380 e. The molecule has 1 aromatic heterocycles. The fourth-order valence-corrected chi connectivity index (χ4v) is 1.76. The lowest BCUT2D eigenvalue weighted by molar-refractivity contribution is -0.0228. The second-order valence-electron chi connectivity index (χ2n) is 4.20. The second-order valence-corrected chi connectivity index (χ2v) is 4.20. The van der Waals surface area contributed by atoms with Crippen LogP contribution in [0.25, 0.3) is 0 Å². The maximum Gasteiger partial charge on any atom is 0.265 e. The molecule has 2 N–H and O–H groups in total. The highest BCUT2D eigenvalue weighted by Gasteiger charge is 2.37. The molecule has 90 valence electrons. The van der Waals surface area contributed by atoms with Crippen LogP contribution in [-0.4, -0.2) is 41.9 Å². The van der Waals surface area contributed by atoms with Gasteiger partial charge in [-0.25, -0.2) is 0 Å². The Kier molecular flexibility index (Phi) is 3.11. The van der Waals surface area contributed by atoms with Crippen LogP contribution in [0.5, 0.6) is 0 Å². The van der Waals surface area contributed by atoms with Crippen LogP contribution >= 0.6 is 0 Å². The minimum atomic E-state index is -0.953. The summed E-state index contributed by atoms with van der Waals surface area (Å²) in [5, 5.41) is 17.4. The molecule has 2 heterocycles. The van der Waals surface area contributed by atoms with Gasteiger partial charge in [-0.3, -0.25) is 0 Å². The monoisotopic (exact) mass is 226 g/mol. The Morgan fingerprint density at radius 2 is 2.19 bits per heavy atom. The zero-order valence-electron chi connectivity index (χ0n) is 9.73. The molecule has 1 saturated heterocycles. The summed E-state index contributed by atoms with van der Waals surface area (Å²) in [6.45, 7) is 4.36. The highest BCUT2D eigenvalue weighted by Crippen LogP contribution is 2.29. The Balaban J connectivity index is 2.17. The van der Waals surface area contributed by atoms with E-state index >= 15 is 0 Å². The molecule has 16 heavy (non-hydrogen) atoms. The molecule has 0 aliphatic carbocycles. The van der Waals surface area contributed by atoms with E-state index in [-0.39, 0.29) is 0 Å². The van der Waals surface area contributed by atoms with Gasteiger partial charge in [0.15, 0.2) is 0 Å². The summed E-state index contributed by atoms with van der Waals surface area (Å²) in [4.78, 5) is 6.12. The number of nitrogens with one attached hydrogen (secondary N) is 1. The molecule has 6 heteroatoms. The second kappa shape index (κ2) is 4.39. The lowest BCUT2D eigenvalue weighted by Crippen LogP contribution is -2.40. The summed E-state index contributed by atoms with van der Waals surface area (Å²) < 4.78 is 5.15. The van der Waals surface area contributed by atoms with Crippen molar-refractivity contribution in [2.45, 2.75) is 25.4 Å². The predicted octanol–water partition coefficient (Wildman–Crippen LogP) is 0.0967. The van der Waals surface area contributed by atoms with Gasteiger partial charge in [-0.05, 0) is 38.0 Å². The SMILES string of the molecule is CCN(C)c1noc(C2(O)CCNCC2)n1. The number of anilines is 1. The molecule has 0 aromatic carbocycles. The van der Waals surface area contributed by atoms with E-state index in [0.717, 1.165) is 19.6 Å². The third-order valence-corrected chi connectivity index (χ3v) is 3.06. The van der Waals surface area contributed by atoms with Gasteiger partial charge in [0, 0.05) is 13.6 Å². The van der Waals surface area contributed by atoms with Crippen LogP contribution < -0.4 is 10.2 Å². The first-order chi connectivity index (χ1) is 7.65. The first kappa shape index (κ1) is 11.3. The summed E-state index contributed by atoms with van der Waals surface area (Å²) in [6.07, 6.45) is 1.23. The third kappa shape index (κ3) is 2.03. The molecule has 1 aliphatic heterocycles. The van der Waals surface area contributed by atoms with Gasteiger partial charge >= 0.3 is 0 Å². The molecule has 1 fully saturated rings. The summed E-state index contributed by atoms with van der Waals surface area (Å²) in [6, 6.07) is 0. The van der Waals surface area contributed by atoms with Gasteiger partial charge in [0.05, 0.1) is 0 Å². The van der Waals surface area contributed by atoms with Crippen molar-refractivity contribution in [3.63, 3.8) is 0 Å². The molecule has 0 radical (unpaired) electrons. The van der Waals surface area contributed by atoms with E-state index in [1.807, 2.05) is 18.9 Å². The van der Waals surface area contributed by atoms with Crippen molar-refractivity contribution in [2.24, 2.45) is 0 Å². The fourth-order valence-electron chi connectivity index (χ4n) is 1.76. The minimum absolute atomic E-state index is 0.337. The van der Waals surface area contributed by atoms with E-state index in [1.54, 1.807) is 0 Å². The number of hydrogen-bond acceptors (Lipinski definition) is 6. The number of aliphatic hydroxyl groups is 1. The maximum atomic E-state index is 10.4. The van der Waals surface area contributed by atoms with E-state index < -0.39 is 5.60 Å². The molecule has 0 saturated carbocycles. The standard InChI is InChI=1S/C10H18N4O2/c1-3-14(2)9-12-8(16-13-9)10(15)4-6-11-7-5-10/h11,15H,3-7H2,1-2H3. The van der Waals surface area contributed by atoms with Crippen LogP contribution in [0.15, 0.2) is 4.52 Å². The Hall–Kier alpha value is -1.14. The number of nitrogens with zero attached hydrogens (tertiary/aromatic N) is 3. The Labute approximate surface area is 94.6 Å². The molecule has 2 rings (SSSR count). The van der Waals surface area contributed by atoms with E-state index in [9.17, 15) is 5.11 Å². The first-order valence-electron chi connectivity index (χ1n) is 5.64. The highest BCUT2D eigenvalue weighted by atomic mass is 16.5. The molecular formula is C10H18N4O2. The summed E-state index contributed by atoms with van der Waals surface area (Å²) in [5.41, 5.74) is -0.953. The number of rotatable bonds is 3. The van der Waals surface area contributed by atoms with E-state index in [0.29, 0.717) is 24.7 Å². The van der Waals surface area contributed by atoms with Crippen molar-refractivity contribution in [1.29, 1.82) is 0 Å². The van der Waals surface area contributed by atoms with Crippen LogP contribution in [0.3, 0.4) is 0 Å². The fraction of sp³-hybridized carbons (Fsp3) is 0.800. The smallest absolute Gasteiger partial charge is 0.265 e. The highest BCUT2D eigenvalue weighted by molar-refractivity contribution is 5.26. The quantitative estimate of drug-likeness (QED) is 0.761. The van der Waals surface area contributed by atoms with Crippen molar-refractivity contribution in [2.75, 3.05) is 31.6 Å². The molecule has 0 unspecified atom stereocenters. The Morgan fingerprint density at radius 3 is 2.81 bits per heavy atom. The van der Waals surface area contributed by atoms with E-state index in [2.05, 4.69) is 15.5 Å². The van der Waals surface area contributed by atoms with E-state index in [1.165, 1.54) is 0 Å². The summed E-state index contributed by atoms with van der Waals surface area (Å²) >= 11 is 0. The topological polar surface area (TPSA) is 74.4 Å². The molecule has 0 spiro atoms. The largest absolute Gasteiger partial charge is 0.380 e. The molecule has 6 nitrogen and oxygen atoms in total. The van der Waals surface area contributed by atoms with Gasteiger partial charge in [0.25, 0.3) is 11.8 Å². The predicted molar refractivity (Wildman–Crippen MR) is 59.2 cm³/mol. The maximum absolute atomic E-state index is 10.4. The average Bonchev–Trinajstić information content (AvgIpc) is 2.79. The van der Waals surface area contributed by atoms with Crippen molar-refractivity contribution in [3.05, 3.63) is 5.89 Å². The van der Waals surface area contributed by atoms with Crippen LogP contribution in [0.2, 0.25) is 0 Å². The molecule has 1 aliphatic rings. The molecular weight excluding hydrogens is 208 g/mol. The Bertz CT molecular complexity index is 346. The van der Waals surface area contributed by atoms with Crippen molar-refractivity contribution < 1.29 is 9.63 Å².